The van der Waals surface area contributed by atoms with Crippen molar-refractivity contribution in [1.29, 1.82) is 0 Å². The van der Waals surface area contributed by atoms with Crippen LogP contribution in [0.3, 0.4) is 0 Å². The van der Waals surface area contributed by atoms with Gasteiger partial charge < -0.3 is 10.4 Å². The van der Waals surface area contributed by atoms with E-state index in [-0.39, 0.29) is 0 Å². The van der Waals surface area contributed by atoms with E-state index in [1.165, 1.54) is 9.13 Å². The third-order valence-corrected chi connectivity index (χ3v) is 2.77. The molecule has 1 unspecified atom stereocenters. The summed E-state index contributed by atoms with van der Waals surface area (Å²) < 4.78 is 1.22. The predicted molar refractivity (Wildman–Crippen MR) is 67.4 cm³/mol. The van der Waals surface area contributed by atoms with Crippen molar-refractivity contribution >= 4 is 22.6 Å². The number of hydrogen-bond acceptors (Lipinski definition) is 2. The number of halogens is 1. The van der Waals surface area contributed by atoms with Gasteiger partial charge in [0.05, 0.1) is 5.60 Å². The van der Waals surface area contributed by atoms with Crippen LogP contribution in [0.4, 0.5) is 0 Å². The predicted octanol–water partition coefficient (Wildman–Crippen LogP) is 1.80. The van der Waals surface area contributed by atoms with Crippen LogP contribution in [0.5, 0.6) is 0 Å². The van der Waals surface area contributed by atoms with Gasteiger partial charge in [0.1, 0.15) is 0 Å². The molecule has 3 heteroatoms. The van der Waals surface area contributed by atoms with Gasteiger partial charge in [-0.25, -0.2) is 0 Å². The second-order valence-electron chi connectivity index (χ2n) is 3.83. The minimum Gasteiger partial charge on any atom is -0.389 e. The summed E-state index contributed by atoms with van der Waals surface area (Å²) in [7, 11) is 1.85. The molecule has 2 nitrogen and oxygen atoms in total. The number of aliphatic hydroxyl groups is 1. The smallest absolute Gasteiger partial charge is 0.0783 e. The van der Waals surface area contributed by atoms with E-state index in [0.29, 0.717) is 13.0 Å². The van der Waals surface area contributed by atoms with Gasteiger partial charge >= 0.3 is 0 Å². The normalized spacial score (nSPS) is 15.1. The molecular weight excluding hydrogens is 289 g/mol. The van der Waals surface area contributed by atoms with Crippen molar-refractivity contribution in [2.24, 2.45) is 0 Å². The van der Waals surface area contributed by atoms with Crippen LogP contribution < -0.4 is 5.32 Å². The Morgan fingerprint density at radius 1 is 1.36 bits per heavy atom. The van der Waals surface area contributed by atoms with Gasteiger partial charge in [0, 0.05) is 16.5 Å². The SMILES string of the molecule is CNCC(C)(O)Cc1ccc(I)cc1. The minimum absolute atomic E-state index is 0.610. The van der Waals surface area contributed by atoms with Gasteiger partial charge in [-0.05, 0) is 54.3 Å². The highest BCUT2D eigenvalue weighted by molar-refractivity contribution is 14.1. The Hall–Kier alpha value is -0.130. The first-order chi connectivity index (χ1) is 6.53. The zero-order valence-electron chi connectivity index (χ0n) is 8.55. The summed E-state index contributed by atoms with van der Waals surface area (Å²) in [5, 5.41) is 13.0. The van der Waals surface area contributed by atoms with Crippen molar-refractivity contribution in [2.45, 2.75) is 18.9 Å². The van der Waals surface area contributed by atoms with Gasteiger partial charge in [0.25, 0.3) is 0 Å². The number of likely N-dealkylation sites (N-methyl/N-ethyl adjacent to an activating group) is 1. The Kier molecular flexibility index (Phi) is 4.34. The highest BCUT2D eigenvalue weighted by Crippen LogP contribution is 2.14. The maximum Gasteiger partial charge on any atom is 0.0783 e. The van der Waals surface area contributed by atoms with Crippen LogP contribution in [0.15, 0.2) is 24.3 Å². The first-order valence-corrected chi connectivity index (χ1v) is 5.73. The molecular formula is C11H16INO. The fourth-order valence-corrected chi connectivity index (χ4v) is 1.84. The number of nitrogens with one attached hydrogen (secondary N) is 1. The Bertz CT molecular complexity index is 282. The molecule has 0 aliphatic heterocycles. The molecule has 0 aliphatic rings. The van der Waals surface area contributed by atoms with Crippen molar-refractivity contribution in [3.63, 3.8) is 0 Å². The lowest BCUT2D eigenvalue weighted by atomic mass is 9.97. The monoisotopic (exact) mass is 305 g/mol. The molecule has 0 spiro atoms. The summed E-state index contributed by atoms with van der Waals surface area (Å²) in [5.41, 5.74) is 0.507. The Morgan fingerprint density at radius 3 is 2.43 bits per heavy atom. The molecule has 14 heavy (non-hydrogen) atoms. The van der Waals surface area contributed by atoms with Gasteiger partial charge in [-0.15, -0.1) is 0 Å². The average molecular weight is 305 g/mol. The highest BCUT2D eigenvalue weighted by atomic mass is 127. The van der Waals surface area contributed by atoms with Crippen LogP contribution >= 0.6 is 22.6 Å². The molecule has 0 aliphatic carbocycles. The standard InChI is InChI=1S/C11H16INO/c1-11(14,8-13-2)7-9-3-5-10(12)6-4-9/h3-6,13-14H,7-8H2,1-2H3. The summed E-state index contributed by atoms with van der Waals surface area (Å²) in [6, 6.07) is 8.24. The number of benzene rings is 1. The van der Waals surface area contributed by atoms with E-state index in [1.54, 1.807) is 0 Å². The molecule has 1 rings (SSSR count). The first-order valence-electron chi connectivity index (χ1n) is 4.65. The third-order valence-electron chi connectivity index (χ3n) is 2.06. The second-order valence-corrected chi connectivity index (χ2v) is 5.08. The van der Waals surface area contributed by atoms with Gasteiger partial charge in [-0.1, -0.05) is 12.1 Å². The summed E-state index contributed by atoms with van der Waals surface area (Å²) in [4.78, 5) is 0. The lowest BCUT2D eigenvalue weighted by molar-refractivity contribution is 0.0622. The van der Waals surface area contributed by atoms with E-state index in [0.717, 1.165) is 0 Å². The zero-order chi connectivity index (χ0) is 10.6. The molecule has 0 radical (unpaired) electrons. The van der Waals surface area contributed by atoms with E-state index in [2.05, 4.69) is 52.2 Å². The maximum absolute atomic E-state index is 9.97. The van der Waals surface area contributed by atoms with Crippen LogP contribution in [0, 0.1) is 3.57 Å². The molecule has 1 atom stereocenters. The molecule has 0 heterocycles. The van der Waals surface area contributed by atoms with Gasteiger partial charge in [-0.2, -0.15) is 0 Å². The van der Waals surface area contributed by atoms with Crippen molar-refractivity contribution < 1.29 is 5.11 Å². The van der Waals surface area contributed by atoms with Crippen molar-refractivity contribution in [2.75, 3.05) is 13.6 Å². The average Bonchev–Trinajstić information content (AvgIpc) is 2.08. The lowest BCUT2D eigenvalue weighted by Crippen LogP contribution is -2.38. The van der Waals surface area contributed by atoms with Gasteiger partial charge in [0.15, 0.2) is 0 Å². The summed E-state index contributed by atoms with van der Waals surface area (Å²) >= 11 is 2.28. The summed E-state index contributed by atoms with van der Waals surface area (Å²) in [5.74, 6) is 0. The van der Waals surface area contributed by atoms with E-state index in [9.17, 15) is 5.11 Å². The van der Waals surface area contributed by atoms with E-state index in [4.69, 9.17) is 0 Å². The molecule has 0 saturated carbocycles. The second kappa shape index (κ2) is 5.09. The van der Waals surface area contributed by atoms with Crippen LogP contribution in [0.25, 0.3) is 0 Å². The Labute approximate surface area is 98.9 Å². The molecule has 0 bridgehead atoms. The zero-order valence-corrected chi connectivity index (χ0v) is 10.7. The van der Waals surface area contributed by atoms with Crippen molar-refractivity contribution in [1.82, 2.24) is 5.32 Å². The van der Waals surface area contributed by atoms with E-state index >= 15 is 0 Å². The van der Waals surface area contributed by atoms with Gasteiger partial charge in [0.2, 0.25) is 0 Å². The molecule has 2 N–H and O–H groups in total. The van der Waals surface area contributed by atoms with Crippen molar-refractivity contribution in [3.8, 4) is 0 Å². The fraction of sp³-hybridized carbons (Fsp3) is 0.455. The highest BCUT2D eigenvalue weighted by Gasteiger charge is 2.19. The first kappa shape index (κ1) is 11.9. The van der Waals surface area contributed by atoms with Crippen LogP contribution in [-0.2, 0) is 6.42 Å². The maximum atomic E-state index is 9.97. The fourth-order valence-electron chi connectivity index (χ4n) is 1.49. The van der Waals surface area contributed by atoms with E-state index < -0.39 is 5.60 Å². The molecule has 78 valence electrons. The molecule has 0 fully saturated rings. The lowest BCUT2D eigenvalue weighted by Gasteiger charge is -2.22. The van der Waals surface area contributed by atoms with Crippen LogP contribution in [-0.4, -0.2) is 24.3 Å². The molecule has 1 aromatic carbocycles. The van der Waals surface area contributed by atoms with Crippen molar-refractivity contribution in [3.05, 3.63) is 33.4 Å². The molecule has 0 aromatic heterocycles. The van der Waals surface area contributed by atoms with Gasteiger partial charge in [-0.3, -0.25) is 0 Å². The minimum atomic E-state index is -0.665. The molecule has 0 saturated heterocycles. The van der Waals surface area contributed by atoms with Crippen LogP contribution in [0.2, 0.25) is 0 Å². The quantitative estimate of drug-likeness (QED) is 0.832. The third kappa shape index (κ3) is 3.94. The molecule has 1 aromatic rings. The number of hydrogen-bond donors (Lipinski definition) is 2. The Morgan fingerprint density at radius 2 is 1.93 bits per heavy atom. The summed E-state index contributed by atoms with van der Waals surface area (Å²) in [6.45, 7) is 2.46. The van der Waals surface area contributed by atoms with E-state index in [1.807, 2.05) is 14.0 Å². The number of rotatable bonds is 4. The Balaban J connectivity index is 2.64. The summed E-state index contributed by atoms with van der Waals surface area (Å²) in [6.07, 6.45) is 0.685. The van der Waals surface area contributed by atoms with Crippen LogP contribution in [0.1, 0.15) is 12.5 Å². The largest absolute Gasteiger partial charge is 0.389 e. The topological polar surface area (TPSA) is 32.3 Å². The molecule has 0 amide bonds.